The van der Waals surface area contributed by atoms with Gasteiger partial charge in [-0.05, 0) is 62.9 Å². The summed E-state index contributed by atoms with van der Waals surface area (Å²) in [5.41, 5.74) is 2.27. The van der Waals surface area contributed by atoms with Crippen molar-refractivity contribution >= 4 is 66.2 Å². The second-order valence-corrected chi connectivity index (χ2v) is 14.9. The minimum absolute atomic E-state index is 0.252. The lowest BCUT2D eigenvalue weighted by atomic mass is 9.99. The highest BCUT2D eigenvalue weighted by atomic mass is 35.5. The maximum atomic E-state index is 13.9. The molecule has 2 N–H and O–H groups in total. The van der Waals surface area contributed by atoms with E-state index in [0.29, 0.717) is 39.3 Å². The highest BCUT2D eigenvalue weighted by Gasteiger charge is 2.28. The van der Waals surface area contributed by atoms with Crippen molar-refractivity contribution in [3.8, 4) is 5.75 Å². The number of nitrogens with one attached hydrogen (secondary N) is 2. The predicted molar refractivity (Wildman–Crippen MR) is 172 cm³/mol. The van der Waals surface area contributed by atoms with E-state index in [9.17, 15) is 8.96 Å². The van der Waals surface area contributed by atoms with Crippen LogP contribution >= 0.6 is 18.7 Å². The monoisotopic (exact) mass is 611 g/mol. The molecule has 0 spiro atoms. The van der Waals surface area contributed by atoms with E-state index in [-0.39, 0.29) is 11.4 Å². The van der Waals surface area contributed by atoms with Gasteiger partial charge in [-0.15, -0.1) is 0 Å². The zero-order chi connectivity index (χ0) is 30.0. The number of rotatable bonds is 8. The molecule has 0 aliphatic carbocycles. The molecule has 0 atom stereocenters. The van der Waals surface area contributed by atoms with E-state index < -0.39 is 13.0 Å². The lowest BCUT2D eigenvalue weighted by Crippen LogP contribution is -2.52. The second-order valence-electron chi connectivity index (χ2n) is 11.3. The first-order valence-electron chi connectivity index (χ1n) is 14.1. The standard InChI is InChI=1S/C29H37BClFN7O2P/c1-37-11-13-38(14-12-37)20-7-9-39(10-8-20)25-17-26(41-2)24(16-22(25)31)35-29-33-18-21(30)28(36-29)34-23-6-5-19(32)15-27(23)42(3,4)40/h5-6,15-18,20H,7-14H2,1-4H3,(H2,33,34,35,36). The van der Waals surface area contributed by atoms with E-state index in [1.54, 1.807) is 20.4 Å². The van der Waals surface area contributed by atoms with Crippen LogP contribution in [0.25, 0.3) is 0 Å². The van der Waals surface area contributed by atoms with Crippen LogP contribution in [0.15, 0.2) is 36.5 Å². The molecule has 3 aromatic rings. The van der Waals surface area contributed by atoms with E-state index >= 15 is 0 Å². The number of likely N-dealkylation sites (N-methyl/N-ethyl adjacent to an activating group) is 1. The fraction of sp³-hybridized carbons (Fsp3) is 0.448. The number of hydrogen-bond donors (Lipinski definition) is 2. The van der Waals surface area contributed by atoms with Gasteiger partial charge in [-0.2, -0.15) is 4.98 Å². The van der Waals surface area contributed by atoms with Gasteiger partial charge in [0.05, 0.1) is 29.2 Å². The number of nitrogens with zero attached hydrogens (tertiary/aromatic N) is 5. The molecule has 2 fully saturated rings. The van der Waals surface area contributed by atoms with Crippen molar-refractivity contribution < 1.29 is 13.7 Å². The molecule has 0 saturated carbocycles. The molecule has 9 nitrogen and oxygen atoms in total. The Balaban J connectivity index is 1.31. The first kappa shape index (κ1) is 30.6. The Morgan fingerprint density at radius 3 is 2.43 bits per heavy atom. The van der Waals surface area contributed by atoms with Crippen LogP contribution in [0.5, 0.6) is 5.75 Å². The number of anilines is 5. The van der Waals surface area contributed by atoms with Crippen LogP contribution in [0.3, 0.4) is 0 Å². The second kappa shape index (κ2) is 12.8. The Morgan fingerprint density at radius 2 is 1.76 bits per heavy atom. The largest absolute Gasteiger partial charge is 0.494 e. The predicted octanol–water partition coefficient (Wildman–Crippen LogP) is 4.02. The minimum atomic E-state index is -2.79. The number of ether oxygens (including phenoxy) is 1. The number of benzene rings is 2. The smallest absolute Gasteiger partial charge is 0.229 e. The average molecular weight is 612 g/mol. The normalized spacial score (nSPS) is 17.3. The minimum Gasteiger partial charge on any atom is -0.494 e. The molecular weight excluding hydrogens is 575 g/mol. The molecule has 0 bridgehead atoms. The molecule has 42 heavy (non-hydrogen) atoms. The van der Waals surface area contributed by atoms with Crippen LogP contribution in [-0.4, -0.2) is 100 Å². The van der Waals surface area contributed by atoms with Gasteiger partial charge in [0.1, 0.15) is 32.4 Å². The molecule has 2 aliphatic rings. The quantitative estimate of drug-likeness (QED) is 0.290. The fourth-order valence-electron chi connectivity index (χ4n) is 5.57. The summed E-state index contributed by atoms with van der Waals surface area (Å²) in [5.74, 6) is 0.675. The molecule has 2 radical (unpaired) electrons. The molecule has 1 aromatic heterocycles. The third-order valence-electron chi connectivity index (χ3n) is 7.98. The Kier molecular flexibility index (Phi) is 9.33. The summed E-state index contributed by atoms with van der Waals surface area (Å²) in [6.07, 6.45) is 3.66. The number of methoxy groups -OCH3 is 1. The summed E-state index contributed by atoms with van der Waals surface area (Å²) in [4.78, 5) is 16.2. The number of aromatic nitrogens is 2. The maximum absolute atomic E-state index is 13.9. The van der Waals surface area contributed by atoms with Crippen molar-refractivity contribution in [2.45, 2.75) is 18.9 Å². The lowest BCUT2D eigenvalue weighted by molar-refractivity contribution is 0.0982. The van der Waals surface area contributed by atoms with Gasteiger partial charge >= 0.3 is 0 Å². The lowest BCUT2D eigenvalue weighted by Gasteiger charge is -2.42. The summed E-state index contributed by atoms with van der Waals surface area (Å²) in [6.45, 7) is 9.53. The molecule has 2 aromatic carbocycles. The number of hydrogen-bond acceptors (Lipinski definition) is 9. The van der Waals surface area contributed by atoms with E-state index in [4.69, 9.17) is 24.2 Å². The highest BCUT2D eigenvalue weighted by molar-refractivity contribution is 7.70. The van der Waals surface area contributed by atoms with Crippen molar-refractivity contribution in [3.63, 3.8) is 0 Å². The summed E-state index contributed by atoms with van der Waals surface area (Å²) in [5, 5.41) is 7.25. The van der Waals surface area contributed by atoms with Crippen LogP contribution in [0.1, 0.15) is 12.8 Å². The zero-order valence-electron chi connectivity index (χ0n) is 24.5. The van der Waals surface area contributed by atoms with Crippen LogP contribution < -0.4 is 31.0 Å². The van der Waals surface area contributed by atoms with Crippen molar-refractivity contribution in [3.05, 3.63) is 47.4 Å². The molecule has 5 rings (SSSR count). The maximum Gasteiger partial charge on any atom is 0.229 e. The summed E-state index contributed by atoms with van der Waals surface area (Å²) in [6, 6.07) is 8.45. The Hall–Kier alpha value is -2.85. The van der Waals surface area contributed by atoms with Gasteiger partial charge in [0.2, 0.25) is 5.95 Å². The van der Waals surface area contributed by atoms with Crippen LogP contribution in [0.2, 0.25) is 5.02 Å². The molecule has 2 aliphatic heterocycles. The summed E-state index contributed by atoms with van der Waals surface area (Å²) >= 11 is 6.81. The molecule has 222 valence electrons. The number of piperidine rings is 1. The summed E-state index contributed by atoms with van der Waals surface area (Å²) < 4.78 is 32.4. The first-order valence-corrected chi connectivity index (χ1v) is 17.1. The van der Waals surface area contributed by atoms with Crippen molar-refractivity contribution in [1.82, 2.24) is 19.8 Å². The third kappa shape index (κ3) is 7.02. The third-order valence-corrected chi connectivity index (χ3v) is 9.82. The van der Waals surface area contributed by atoms with Gasteiger partial charge in [0.25, 0.3) is 0 Å². The molecule has 13 heteroatoms. The Bertz CT molecular complexity index is 1480. The molecule has 0 amide bonds. The highest BCUT2D eigenvalue weighted by Crippen LogP contribution is 2.40. The van der Waals surface area contributed by atoms with E-state index in [1.165, 1.54) is 24.4 Å². The van der Waals surface area contributed by atoms with Gasteiger partial charge in [-0.3, -0.25) is 4.90 Å². The van der Waals surface area contributed by atoms with E-state index in [2.05, 4.69) is 42.3 Å². The average Bonchev–Trinajstić information content (AvgIpc) is 2.96. The van der Waals surface area contributed by atoms with Gasteiger partial charge in [-0.25, -0.2) is 9.37 Å². The Morgan fingerprint density at radius 1 is 1.05 bits per heavy atom. The topological polar surface area (TPSA) is 85.9 Å². The Labute approximate surface area is 253 Å². The van der Waals surface area contributed by atoms with Crippen molar-refractivity contribution in [2.75, 3.05) is 82.3 Å². The zero-order valence-corrected chi connectivity index (χ0v) is 26.2. The van der Waals surface area contributed by atoms with Gasteiger partial charge in [0.15, 0.2) is 0 Å². The number of halogens is 2. The van der Waals surface area contributed by atoms with Crippen LogP contribution in [-0.2, 0) is 4.57 Å². The van der Waals surface area contributed by atoms with Crippen molar-refractivity contribution in [1.29, 1.82) is 0 Å². The van der Waals surface area contributed by atoms with Gasteiger partial charge in [-0.1, -0.05) is 11.6 Å². The van der Waals surface area contributed by atoms with Crippen LogP contribution in [0.4, 0.5) is 33.2 Å². The van der Waals surface area contributed by atoms with E-state index in [0.717, 1.165) is 57.8 Å². The summed E-state index contributed by atoms with van der Waals surface area (Å²) in [7, 11) is 7.16. The van der Waals surface area contributed by atoms with Crippen LogP contribution in [0, 0.1) is 5.82 Å². The molecular formula is C29H37BClFN7O2P. The first-order chi connectivity index (χ1) is 20.0. The molecule has 0 unspecified atom stereocenters. The van der Waals surface area contributed by atoms with E-state index in [1.807, 2.05) is 12.1 Å². The van der Waals surface area contributed by atoms with Gasteiger partial charge in [0, 0.05) is 62.9 Å². The SMILES string of the molecule is [B]c1cnc(Nc2cc(Cl)c(N3CCC(N4CCN(C)CC4)CC3)cc2OC)nc1Nc1ccc(F)cc1P(C)(C)=O. The molecule has 2 saturated heterocycles. The fourth-order valence-corrected chi connectivity index (χ4v) is 6.99. The van der Waals surface area contributed by atoms with Crippen molar-refractivity contribution in [2.24, 2.45) is 0 Å². The van der Waals surface area contributed by atoms with Gasteiger partial charge < -0.3 is 29.7 Å². The molecule has 3 heterocycles. The number of piperazine rings is 1.